The maximum absolute atomic E-state index is 12.2. The number of carbonyl (C=O) groups excluding carboxylic acids is 4. The molecule has 2 aromatic carbocycles. The van der Waals surface area contributed by atoms with Gasteiger partial charge in [0.2, 0.25) is 0 Å². The van der Waals surface area contributed by atoms with E-state index in [1.165, 1.54) is 0 Å². The van der Waals surface area contributed by atoms with Gasteiger partial charge in [-0.3, -0.25) is 19.3 Å². The first-order chi connectivity index (χ1) is 13.3. The number of urea groups is 1. The van der Waals surface area contributed by atoms with Gasteiger partial charge in [-0.2, -0.15) is 0 Å². The Bertz CT molecular complexity index is 958. The van der Waals surface area contributed by atoms with Gasteiger partial charge < -0.3 is 15.4 Å². The van der Waals surface area contributed by atoms with Gasteiger partial charge in [-0.25, -0.2) is 4.79 Å². The Hall–Kier alpha value is -3.42. The first-order valence-electron chi connectivity index (χ1n) is 8.91. The van der Waals surface area contributed by atoms with E-state index in [-0.39, 0.29) is 0 Å². The fourth-order valence-corrected chi connectivity index (χ4v) is 2.92. The van der Waals surface area contributed by atoms with Gasteiger partial charge in [0.05, 0.1) is 0 Å². The highest BCUT2D eigenvalue weighted by Gasteiger charge is 2.47. The van der Waals surface area contributed by atoms with Gasteiger partial charge in [0.15, 0.2) is 6.61 Å². The van der Waals surface area contributed by atoms with Crippen molar-refractivity contribution in [2.75, 3.05) is 18.5 Å². The summed E-state index contributed by atoms with van der Waals surface area (Å²) in [5, 5.41) is 7.20. The van der Waals surface area contributed by atoms with Crippen LogP contribution >= 0.6 is 0 Å². The molecule has 8 heteroatoms. The minimum atomic E-state index is -1.02. The predicted molar refractivity (Wildman–Crippen MR) is 102 cm³/mol. The number of hydrogen-bond acceptors (Lipinski definition) is 5. The smallest absolute Gasteiger partial charge is 0.326 e. The Balaban J connectivity index is 1.52. The lowest BCUT2D eigenvalue weighted by molar-refractivity contribution is -0.150. The normalized spacial score (nSPS) is 18.9. The number of fused-ring (bicyclic) bond motifs is 1. The number of nitrogens with zero attached hydrogens (tertiary/aromatic N) is 1. The molecule has 1 fully saturated rings. The highest BCUT2D eigenvalue weighted by Crippen LogP contribution is 2.21. The molecule has 0 bridgehead atoms. The van der Waals surface area contributed by atoms with E-state index in [0.717, 1.165) is 15.7 Å². The number of hydrogen-bond donors (Lipinski definition) is 2. The van der Waals surface area contributed by atoms with Crippen LogP contribution in [0.3, 0.4) is 0 Å². The Labute approximate surface area is 161 Å². The number of amides is 4. The monoisotopic (exact) mass is 383 g/mol. The van der Waals surface area contributed by atoms with E-state index in [2.05, 4.69) is 10.6 Å². The largest absolute Gasteiger partial charge is 0.454 e. The summed E-state index contributed by atoms with van der Waals surface area (Å²) in [6.07, 6.45) is 0.400. The molecule has 1 atom stereocenters. The lowest BCUT2D eigenvalue weighted by Crippen LogP contribution is -2.43. The average Bonchev–Trinajstić information content (AvgIpc) is 2.90. The van der Waals surface area contributed by atoms with Gasteiger partial charge in [0, 0.05) is 5.69 Å². The van der Waals surface area contributed by atoms with Crippen molar-refractivity contribution in [2.24, 2.45) is 0 Å². The summed E-state index contributed by atoms with van der Waals surface area (Å²) in [7, 11) is 0. The quantitative estimate of drug-likeness (QED) is 0.587. The van der Waals surface area contributed by atoms with Crippen LogP contribution in [0.4, 0.5) is 10.5 Å². The zero-order valence-corrected chi connectivity index (χ0v) is 15.7. The molecule has 146 valence electrons. The molecule has 8 nitrogen and oxygen atoms in total. The first kappa shape index (κ1) is 19.3. The van der Waals surface area contributed by atoms with Crippen molar-refractivity contribution < 1.29 is 23.9 Å². The fraction of sp³-hybridized carbons (Fsp3) is 0.300. The summed E-state index contributed by atoms with van der Waals surface area (Å²) in [6, 6.07) is 12.5. The topological polar surface area (TPSA) is 105 Å². The van der Waals surface area contributed by atoms with Crippen molar-refractivity contribution in [1.29, 1.82) is 0 Å². The predicted octanol–water partition coefficient (Wildman–Crippen LogP) is 2.04. The third-order valence-electron chi connectivity index (χ3n) is 4.74. The van der Waals surface area contributed by atoms with E-state index in [0.29, 0.717) is 12.1 Å². The average molecular weight is 383 g/mol. The van der Waals surface area contributed by atoms with Crippen molar-refractivity contribution in [3.63, 3.8) is 0 Å². The van der Waals surface area contributed by atoms with Crippen LogP contribution in [0.5, 0.6) is 0 Å². The molecule has 1 saturated heterocycles. The van der Waals surface area contributed by atoms with Gasteiger partial charge in [0.25, 0.3) is 11.8 Å². The number of benzene rings is 2. The standard InChI is InChI=1S/C20H21N3O5/c1-3-20(2)18(26)23(19(27)22-20)11-17(25)28-12-16(24)21-15-9-8-13-6-4-5-7-14(13)10-15/h4-10H,3,11-12H2,1-2H3,(H,21,24)(H,22,27)/t20-/m0/s1. The van der Waals surface area contributed by atoms with E-state index in [4.69, 9.17) is 4.74 Å². The van der Waals surface area contributed by atoms with Crippen molar-refractivity contribution >= 4 is 40.3 Å². The number of carbonyl (C=O) groups is 4. The summed E-state index contributed by atoms with van der Waals surface area (Å²) in [4.78, 5) is 48.9. The van der Waals surface area contributed by atoms with Crippen LogP contribution in [0.25, 0.3) is 10.8 Å². The molecule has 0 radical (unpaired) electrons. The molecular formula is C20H21N3O5. The van der Waals surface area contributed by atoms with Crippen LogP contribution in [0.2, 0.25) is 0 Å². The lowest BCUT2D eigenvalue weighted by atomic mass is 9.99. The Morgan fingerprint density at radius 1 is 1.14 bits per heavy atom. The minimum absolute atomic E-state index is 0.400. The molecule has 0 saturated carbocycles. The molecule has 0 spiro atoms. The fourth-order valence-electron chi connectivity index (χ4n) is 2.92. The zero-order valence-electron chi connectivity index (χ0n) is 15.7. The van der Waals surface area contributed by atoms with E-state index in [1.54, 1.807) is 19.9 Å². The van der Waals surface area contributed by atoms with Gasteiger partial charge in [-0.05, 0) is 36.2 Å². The SMILES string of the molecule is CC[C@]1(C)NC(=O)N(CC(=O)OCC(=O)Nc2ccc3ccccc3c2)C1=O. The van der Waals surface area contributed by atoms with Crippen LogP contribution < -0.4 is 10.6 Å². The minimum Gasteiger partial charge on any atom is -0.454 e. The van der Waals surface area contributed by atoms with Gasteiger partial charge in [-0.15, -0.1) is 0 Å². The molecule has 4 amide bonds. The van der Waals surface area contributed by atoms with Crippen LogP contribution in [0.1, 0.15) is 20.3 Å². The highest BCUT2D eigenvalue weighted by atomic mass is 16.5. The summed E-state index contributed by atoms with van der Waals surface area (Å²) >= 11 is 0. The zero-order chi connectivity index (χ0) is 20.3. The number of nitrogens with one attached hydrogen (secondary N) is 2. The molecular weight excluding hydrogens is 362 g/mol. The highest BCUT2D eigenvalue weighted by molar-refractivity contribution is 6.08. The summed E-state index contributed by atoms with van der Waals surface area (Å²) < 4.78 is 4.90. The third kappa shape index (κ3) is 3.95. The van der Waals surface area contributed by atoms with Crippen molar-refractivity contribution in [3.8, 4) is 0 Å². The molecule has 2 aromatic rings. The number of imide groups is 1. The second kappa shape index (κ2) is 7.67. The van der Waals surface area contributed by atoms with Gasteiger partial charge in [-0.1, -0.05) is 37.3 Å². The number of esters is 1. The van der Waals surface area contributed by atoms with E-state index in [9.17, 15) is 19.2 Å². The van der Waals surface area contributed by atoms with Crippen LogP contribution in [0, 0.1) is 0 Å². The molecule has 0 aliphatic carbocycles. The molecule has 0 aromatic heterocycles. The third-order valence-corrected chi connectivity index (χ3v) is 4.74. The second-order valence-corrected chi connectivity index (χ2v) is 6.78. The Morgan fingerprint density at radius 2 is 1.86 bits per heavy atom. The van der Waals surface area contributed by atoms with Crippen molar-refractivity contribution in [2.45, 2.75) is 25.8 Å². The molecule has 1 aliphatic rings. The van der Waals surface area contributed by atoms with Crippen LogP contribution in [-0.4, -0.2) is 47.4 Å². The lowest BCUT2D eigenvalue weighted by Gasteiger charge is -2.18. The number of rotatable bonds is 6. The molecule has 28 heavy (non-hydrogen) atoms. The summed E-state index contributed by atoms with van der Waals surface area (Å²) in [5.41, 5.74) is -0.447. The van der Waals surface area contributed by atoms with Crippen LogP contribution in [-0.2, 0) is 19.1 Å². The first-order valence-corrected chi connectivity index (χ1v) is 8.91. The summed E-state index contributed by atoms with van der Waals surface area (Å²) in [6.45, 7) is 2.30. The molecule has 1 heterocycles. The van der Waals surface area contributed by atoms with E-state index >= 15 is 0 Å². The maximum atomic E-state index is 12.2. The van der Waals surface area contributed by atoms with E-state index < -0.39 is 42.5 Å². The van der Waals surface area contributed by atoms with E-state index in [1.807, 2.05) is 36.4 Å². The van der Waals surface area contributed by atoms with Crippen LogP contribution in [0.15, 0.2) is 42.5 Å². The number of ether oxygens (including phenoxy) is 1. The maximum Gasteiger partial charge on any atom is 0.326 e. The van der Waals surface area contributed by atoms with Gasteiger partial charge >= 0.3 is 12.0 Å². The molecule has 0 unspecified atom stereocenters. The summed E-state index contributed by atoms with van der Waals surface area (Å²) in [5.74, 6) is -1.84. The van der Waals surface area contributed by atoms with Crippen molar-refractivity contribution in [1.82, 2.24) is 10.2 Å². The van der Waals surface area contributed by atoms with Crippen molar-refractivity contribution in [3.05, 3.63) is 42.5 Å². The van der Waals surface area contributed by atoms with Gasteiger partial charge in [0.1, 0.15) is 12.1 Å². The molecule has 1 aliphatic heterocycles. The Morgan fingerprint density at radius 3 is 2.54 bits per heavy atom. The number of anilines is 1. The molecule has 2 N–H and O–H groups in total. The molecule has 3 rings (SSSR count). The second-order valence-electron chi connectivity index (χ2n) is 6.78. The Kier molecular flexibility index (Phi) is 5.30.